The van der Waals surface area contributed by atoms with E-state index < -0.39 is 10.2 Å². The van der Waals surface area contributed by atoms with Gasteiger partial charge in [-0.1, -0.05) is 42.5 Å². The topological polar surface area (TPSA) is 72.2 Å². The van der Waals surface area contributed by atoms with E-state index in [1.165, 1.54) is 0 Å². The molecule has 4 nitrogen and oxygen atoms in total. The van der Waals surface area contributed by atoms with Gasteiger partial charge in [0.15, 0.2) is 0 Å². The molecule has 5 heteroatoms. The summed E-state index contributed by atoms with van der Waals surface area (Å²) in [6.45, 7) is 0.202. The van der Waals surface area contributed by atoms with Crippen LogP contribution in [0.2, 0.25) is 0 Å². The van der Waals surface area contributed by atoms with Gasteiger partial charge in [0.1, 0.15) is 0 Å². The molecular weight excluding hydrogens is 200 g/mol. The first kappa shape index (κ1) is 10.9. The predicted octanol–water partition coefficient (Wildman–Crippen LogP) is 0.493. The maximum atomic E-state index is 10.5. The van der Waals surface area contributed by atoms with Crippen molar-refractivity contribution in [2.45, 2.75) is 0 Å². The number of hydrogen-bond donors (Lipinski definition) is 2. The van der Waals surface area contributed by atoms with E-state index in [1.54, 1.807) is 6.08 Å². The van der Waals surface area contributed by atoms with Gasteiger partial charge in [-0.2, -0.15) is 13.1 Å². The van der Waals surface area contributed by atoms with Gasteiger partial charge < -0.3 is 0 Å². The average molecular weight is 212 g/mol. The third-order valence-corrected chi connectivity index (χ3v) is 2.08. The summed E-state index contributed by atoms with van der Waals surface area (Å²) in [4.78, 5) is 0. The summed E-state index contributed by atoms with van der Waals surface area (Å²) in [6, 6.07) is 9.58. The summed E-state index contributed by atoms with van der Waals surface area (Å²) in [7, 11) is -3.58. The van der Waals surface area contributed by atoms with Crippen LogP contribution < -0.4 is 9.86 Å². The standard InChI is InChI=1S/C9H12N2O2S/c10-14(12,13)11-8-4-7-9-5-2-1-3-6-9/h1-7,11H,8H2,(H2,10,12,13)/b7-4+. The second-order valence-corrected chi connectivity index (χ2v) is 4.09. The fraction of sp³-hybridized carbons (Fsp3) is 0.111. The molecule has 0 amide bonds. The van der Waals surface area contributed by atoms with Crippen molar-refractivity contribution in [3.63, 3.8) is 0 Å². The smallest absolute Gasteiger partial charge is 0.216 e. The SMILES string of the molecule is NS(=O)(=O)NC/C=C/c1ccccc1. The van der Waals surface area contributed by atoms with Crippen LogP contribution in [0.3, 0.4) is 0 Å². The molecule has 3 N–H and O–H groups in total. The lowest BCUT2D eigenvalue weighted by atomic mass is 10.2. The Morgan fingerprint density at radius 3 is 2.50 bits per heavy atom. The van der Waals surface area contributed by atoms with Crippen molar-refractivity contribution in [3.8, 4) is 0 Å². The van der Waals surface area contributed by atoms with Gasteiger partial charge in [-0.05, 0) is 5.56 Å². The van der Waals surface area contributed by atoms with Gasteiger partial charge in [0.2, 0.25) is 0 Å². The molecular formula is C9H12N2O2S. The zero-order chi connectivity index (χ0) is 10.4. The van der Waals surface area contributed by atoms with Crippen LogP contribution in [0.1, 0.15) is 5.56 Å². The summed E-state index contributed by atoms with van der Waals surface area (Å²) in [5, 5.41) is 4.74. The van der Waals surface area contributed by atoms with Crippen LogP contribution >= 0.6 is 0 Å². The molecule has 0 fully saturated rings. The lowest BCUT2D eigenvalue weighted by molar-refractivity contribution is 0.587. The Morgan fingerprint density at radius 2 is 1.93 bits per heavy atom. The highest BCUT2D eigenvalue weighted by molar-refractivity contribution is 7.87. The normalized spacial score (nSPS) is 12.1. The van der Waals surface area contributed by atoms with Gasteiger partial charge in [-0.15, -0.1) is 0 Å². The Hall–Kier alpha value is -1.17. The van der Waals surface area contributed by atoms with E-state index in [9.17, 15) is 8.42 Å². The highest BCUT2D eigenvalue weighted by atomic mass is 32.2. The Kier molecular flexibility index (Phi) is 3.82. The van der Waals surface area contributed by atoms with Crippen LogP contribution in [0.4, 0.5) is 0 Å². The van der Waals surface area contributed by atoms with Crippen LogP contribution in [0.15, 0.2) is 36.4 Å². The molecule has 0 heterocycles. The molecule has 0 unspecified atom stereocenters. The van der Waals surface area contributed by atoms with Crippen LogP contribution in [-0.2, 0) is 10.2 Å². The molecule has 0 aliphatic rings. The van der Waals surface area contributed by atoms with Crippen LogP contribution in [0.25, 0.3) is 6.08 Å². The molecule has 0 saturated heterocycles. The third kappa shape index (κ3) is 4.76. The monoisotopic (exact) mass is 212 g/mol. The van der Waals surface area contributed by atoms with Crippen molar-refractivity contribution in [3.05, 3.63) is 42.0 Å². The number of benzene rings is 1. The minimum Gasteiger partial charge on any atom is -0.216 e. The Morgan fingerprint density at radius 1 is 1.29 bits per heavy atom. The number of nitrogens with one attached hydrogen (secondary N) is 1. The first-order chi connectivity index (χ1) is 6.58. The maximum absolute atomic E-state index is 10.5. The molecule has 0 bridgehead atoms. The van der Waals surface area contributed by atoms with E-state index in [1.807, 2.05) is 36.4 Å². The highest BCUT2D eigenvalue weighted by Crippen LogP contribution is 1.99. The van der Waals surface area contributed by atoms with Gasteiger partial charge in [0.05, 0.1) is 0 Å². The van der Waals surface area contributed by atoms with E-state index in [0.29, 0.717) is 0 Å². The van der Waals surface area contributed by atoms with E-state index in [2.05, 4.69) is 4.72 Å². The number of hydrogen-bond acceptors (Lipinski definition) is 2. The molecule has 1 aromatic rings. The van der Waals surface area contributed by atoms with Crippen molar-refractivity contribution in [1.29, 1.82) is 0 Å². The Balaban J connectivity index is 2.43. The van der Waals surface area contributed by atoms with Gasteiger partial charge >= 0.3 is 0 Å². The van der Waals surface area contributed by atoms with Crippen molar-refractivity contribution in [2.75, 3.05) is 6.54 Å². The van der Waals surface area contributed by atoms with Gasteiger partial charge in [0, 0.05) is 6.54 Å². The molecule has 14 heavy (non-hydrogen) atoms. The van der Waals surface area contributed by atoms with Gasteiger partial charge in [0.25, 0.3) is 10.2 Å². The van der Waals surface area contributed by atoms with Crippen molar-refractivity contribution < 1.29 is 8.42 Å². The first-order valence-corrected chi connectivity index (χ1v) is 5.61. The van der Waals surface area contributed by atoms with E-state index in [0.717, 1.165) is 5.56 Å². The maximum Gasteiger partial charge on any atom is 0.274 e. The van der Waals surface area contributed by atoms with E-state index >= 15 is 0 Å². The van der Waals surface area contributed by atoms with Crippen LogP contribution in [-0.4, -0.2) is 15.0 Å². The summed E-state index contributed by atoms with van der Waals surface area (Å²) < 4.78 is 23.1. The second kappa shape index (κ2) is 4.90. The molecule has 0 atom stereocenters. The summed E-state index contributed by atoms with van der Waals surface area (Å²) in [6.07, 6.45) is 3.51. The minimum atomic E-state index is -3.58. The molecule has 0 aliphatic carbocycles. The lowest BCUT2D eigenvalue weighted by Crippen LogP contribution is -2.30. The summed E-state index contributed by atoms with van der Waals surface area (Å²) >= 11 is 0. The first-order valence-electron chi connectivity index (χ1n) is 4.07. The second-order valence-electron chi connectivity index (χ2n) is 2.71. The molecule has 1 aromatic carbocycles. The summed E-state index contributed by atoms with van der Waals surface area (Å²) in [5.74, 6) is 0. The summed E-state index contributed by atoms with van der Waals surface area (Å²) in [5.41, 5.74) is 1.02. The van der Waals surface area contributed by atoms with Crippen LogP contribution in [0, 0.1) is 0 Å². The molecule has 1 rings (SSSR count). The zero-order valence-electron chi connectivity index (χ0n) is 7.55. The molecule has 0 saturated carbocycles. The fourth-order valence-corrected chi connectivity index (χ4v) is 1.25. The molecule has 0 aliphatic heterocycles. The highest BCUT2D eigenvalue weighted by Gasteiger charge is 1.95. The van der Waals surface area contributed by atoms with E-state index in [-0.39, 0.29) is 6.54 Å². The average Bonchev–Trinajstić information content (AvgIpc) is 2.13. The predicted molar refractivity (Wildman–Crippen MR) is 56.6 cm³/mol. The van der Waals surface area contributed by atoms with Crippen molar-refractivity contribution >= 4 is 16.3 Å². The molecule has 0 spiro atoms. The fourth-order valence-electron chi connectivity index (χ4n) is 0.923. The Labute approximate surface area is 83.6 Å². The molecule has 76 valence electrons. The minimum absolute atomic E-state index is 0.202. The Bertz CT molecular complexity index is 398. The largest absolute Gasteiger partial charge is 0.274 e. The number of nitrogens with two attached hydrogens (primary N) is 1. The number of rotatable bonds is 4. The van der Waals surface area contributed by atoms with Crippen molar-refractivity contribution in [2.24, 2.45) is 5.14 Å². The third-order valence-electron chi connectivity index (χ3n) is 1.51. The lowest BCUT2D eigenvalue weighted by Gasteiger charge is -1.95. The molecule has 0 radical (unpaired) electrons. The van der Waals surface area contributed by atoms with Crippen molar-refractivity contribution in [1.82, 2.24) is 4.72 Å². The zero-order valence-corrected chi connectivity index (χ0v) is 8.37. The van der Waals surface area contributed by atoms with Crippen LogP contribution in [0.5, 0.6) is 0 Å². The van der Waals surface area contributed by atoms with E-state index in [4.69, 9.17) is 5.14 Å². The van der Waals surface area contributed by atoms with Gasteiger partial charge in [-0.3, -0.25) is 0 Å². The quantitative estimate of drug-likeness (QED) is 0.762. The van der Waals surface area contributed by atoms with Gasteiger partial charge in [-0.25, -0.2) is 5.14 Å². The molecule has 0 aromatic heterocycles.